The van der Waals surface area contributed by atoms with Gasteiger partial charge in [0.05, 0.1) is 62.3 Å². The summed E-state index contributed by atoms with van der Waals surface area (Å²) in [6.45, 7) is 26.6. The minimum Gasteiger partial charge on any atom is -0.309 e. The Balaban J connectivity index is 1.43. The number of rotatable bonds is 4. The Labute approximate surface area is 397 Å². The molecule has 0 bridgehead atoms. The molecule has 0 aliphatic carbocycles. The van der Waals surface area contributed by atoms with Gasteiger partial charge in [-0.2, -0.15) is 23.7 Å². The molecule has 0 fully saturated rings. The molecule has 7 heteroatoms. The summed E-state index contributed by atoms with van der Waals surface area (Å²) in [6.07, 6.45) is -4.61. The number of nitrogens with zero attached hydrogens (tertiary/aromatic N) is 4. The molecule has 68 heavy (non-hydrogen) atoms. The Kier molecular flexibility index (Phi) is 10.7. The minimum absolute atomic E-state index is 0.0704. The summed E-state index contributed by atoms with van der Waals surface area (Å²) in [7, 11) is 0. The third kappa shape index (κ3) is 7.92. The third-order valence-corrected chi connectivity index (χ3v) is 13.7. The van der Waals surface area contributed by atoms with Crippen molar-refractivity contribution in [2.75, 3.05) is 0 Å². The van der Waals surface area contributed by atoms with Crippen LogP contribution in [0.25, 0.3) is 77.2 Å². The number of halogens is 3. The summed E-state index contributed by atoms with van der Waals surface area (Å²) >= 11 is 0. The fraction of sp³-hybridized carbons (Fsp3) is 0.279. The second-order valence-corrected chi connectivity index (χ2v) is 22.5. The van der Waals surface area contributed by atoms with Gasteiger partial charge in [-0.3, -0.25) is 0 Å². The predicted molar refractivity (Wildman–Crippen MR) is 275 cm³/mol. The van der Waals surface area contributed by atoms with E-state index in [0.29, 0.717) is 16.7 Å². The van der Waals surface area contributed by atoms with E-state index in [1.165, 1.54) is 28.3 Å². The van der Waals surface area contributed by atoms with E-state index in [9.17, 15) is 23.7 Å². The normalized spacial score (nSPS) is 12.9. The van der Waals surface area contributed by atoms with Crippen LogP contribution in [0.5, 0.6) is 0 Å². The van der Waals surface area contributed by atoms with Crippen molar-refractivity contribution >= 4 is 43.6 Å². The molecule has 2 heterocycles. The van der Waals surface area contributed by atoms with Gasteiger partial charge in [0.15, 0.2) is 0 Å². The van der Waals surface area contributed by atoms with Crippen LogP contribution in [-0.2, 0) is 27.8 Å². The second kappa shape index (κ2) is 15.7. The lowest BCUT2D eigenvalue weighted by Gasteiger charge is -2.22. The molecule has 342 valence electrons. The van der Waals surface area contributed by atoms with Crippen LogP contribution < -0.4 is 0 Å². The summed E-state index contributed by atoms with van der Waals surface area (Å²) in [5.41, 5.74) is 12.1. The Morgan fingerprint density at radius 3 is 1.07 bits per heavy atom. The van der Waals surface area contributed by atoms with Gasteiger partial charge in [0, 0.05) is 32.7 Å². The van der Waals surface area contributed by atoms with E-state index < -0.39 is 11.7 Å². The zero-order chi connectivity index (χ0) is 49.0. The smallest absolute Gasteiger partial charge is 0.309 e. The molecule has 0 radical (unpaired) electrons. The molecular formula is C61H57F3N4. The van der Waals surface area contributed by atoms with Crippen LogP contribution in [0.15, 0.2) is 127 Å². The monoisotopic (exact) mass is 902 g/mol. The Bertz CT molecular complexity index is 3470. The van der Waals surface area contributed by atoms with Gasteiger partial charge in [-0.25, -0.2) is 0 Å². The highest BCUT2D eigenvalue weighted by atomic mass is 19.4. The van der Waals surface area contributed by atoms with E-state index >= 15 is 0 Å². The summed E-state index contributed by atoms with van der Waals surface area (Å²) < 4.78 is 46.7. The van der Waals surface area contributed by atoms with Gasteiger partial charge in [0.2, 0.25) is 0 Å². The van der Waals surface area contributed by atoms with Crippen LogP contribution in [0.4, 0.5) is 13.2 Å². The number of benzene rings is 7. The first-order valence-electron chi connectivity index (χ1n) is 23.3. The molecule has 0 spiro atoms. The maximum atomic E-state index is 14.0. The zero-order valence-electron chi connectivity index (χ0n) is 41.0. The third-order valence-electron chi connectivity index (χ3n) is 13.7. The number of alkyl halides is 3. The van der Waals surface area contributed by atoms with Crippen molar-refractivity contribution in [1.82, 2.24) is 9.13 Å². The van der Waals surface area contributed by atoms with Crippen LogP contribution >= 0.6 is 0 Å². The number of fused-ring (bicyclic) bond motifs is 6. The Morgan fingerprint density at radius 2 is 0.721 bits per heavy atom. The Hall–Kier alpha value is -7.09. The highest BCUT2D eigenvalue weighted by molar-refractivity contribution is 6.12. The van der Waals surface area contributed by atoms with Gasteiger partial charge in [0.1, 0.15) is 0 Å². The quantitative estimate of drug-likeness (QED) is 0.177. The van der Waals surface area contributed by atoms with Crippen molar-refractivity contribution < 1.29 is 13.2 Å². The van der Waals surface area contributed by atoms with Crippen LogP contribution in [0.2, 0.25) is 0 Å². The molecule has 2 aromatic heterocycles. The first-order chi connectivity index (χ1) is 31.8. The molecular weight excluding hydrogens is 846 g/mol. The van der Waals surface area contributed by atoms with Gasteiger partial charge in [-0.05, 0) is 134 Å². The van der Waals surface area contributed by atoms with Gasteiger partial charge < -0.3 is 9.13 Å². The number of hydrogen-bond donors (Lipinski definition) is 0. The summed E-state index contributed by atoms with van der Waals surface area (Å²) in [5, 5.41) is 25.3. The highest BCUT2D eigenvalue weighted by Crippen LogP contribution is 2.45. The van der Waals surface area contributed by atoms with Crippen molar-refractivity contribution in [3.8, 4) is 45.8 Å². The van der Waals surface area contributed by atoms with Gasteiger partial charge >= 0.3 is 6.18 Å². The standard InChI is InChI=1S/C61H57F3N4/c1-57(2,3)39-16-23-51-47(30-39)48-31-40(58(4,5)6)17-24-52(48)67(51)55-27-36(34-65)13-20-45(55)46-21-14-37(44-22-15-43(61(62,63)64)28-38(44)35-66)29-56(46)68-53-25-18-41(59(7,8)9)32-49(53)50-33-42(60(10,11)12)19-26-54(50)68/h13-33H,1-12H3. The van der Waals surface area contributed by atoms with E-state index in [1.807, 2.05) is 36.4 Å². The van der Waals surface area contributed by atoms with Crippen molar-refractivity contribution in [1.29, 1.82) is 10.5 Å². The molecule has 0 amide bonds. The molecule has 0 N–H and O–H groups in total. The lowest BCUT2D eigenvalue weighted by molar-refractivity contribution is -0.137. The SMILES string of the molecule is CC(C)(C)c1ccc2c(c1)c1cc(C(C)(C)C)ccc1n2-c1cc(C#N)ccc1-c1ccc(-c2ccc(C(F)(F)F)cc2C#N)cc1-n1c2ccc(C(C)(C)C)cc2c2cc(C(C)(C)C)ccc21. The fourth-order valence-corrected chi connectivity index (χ4v) is 9.62. The number of nitriles is 2. The summed E-state index contributed by atoms with van der Waals surface area (Å²) in [5.74, 6) is 0. The molecule has 0 aliphatic rings. The average molecular weight is 903 g/mol. The second-order valence-electron chi connectivity index (χ2n) is 22.5. The van der Waals surface area contributed by atoms with Gasteiger partial charge in [-0.15, -0.1) is 0 Å². The molecule has 0 aliphatic heterocycles. The lowest BCUT2D eigenvalue weighted by Crippen LogP contribution is -2.10. The van der Waals surface area contributed by atoms with Crippen molar-refractivity contribution in [3.63, 3.8) is 0 Å². The molecule has 9 rings (SSSR count). The molecule has 7 aromatic carbocycles. The maximum absolute atomic E-state index is 14.0. The molecule has 0 saturated carbocycles. The van der Waals surface area contributed by atoms with E-state index in [2.05, 4.69) is 177 Å². The molecule has 9 aromatic rings. The van der Waals surface area contributed by atoms with Crippen molar-refractivity contribution in [2.45, 2.75) is 111 Å². The van der Waals surface area contributed by atoms with Gasteiger partial charge in [0.25, 0.3) is 0 Å². The average Bonchev–Trinajstić information content (AvgIpc) is 3.78. The van der Waals surface area contributed by atoms with Crippen LogP contribution in [0, 0.1) is 22.7 Å². The minimum atomic E-state index is -4.61. The van der Waals surface area contributed by atoms with Crippen LogP contribution in [0.1, 0.15) is 122 Å². The van der Waals surface area contributed by atoms with Crippen molar-refractivity contribution in [2.24, 2.45) is 0 Å². The molecule has 4 nitrogen and oxygen atoms in total. The van der Waals surface area contributed by atoms with E-state index in [-0.39, 0.29) is 27.2 Å². The highest BCUT2D eigenvalue weighted by Gasteiger charge is 2.32. The molecule has 0 atom stereocenters. The van der Waals surface area contributed by atoms with Gasteiger partial charge in [-0.1, -0.05) is 132 Å². The Morgan fingerprint density at radius 1 is 0.368 bits per heavy atom. The first-order valence-corrected chi connectivity index (χ1v) is 23.3. The largest absolute Gasteiger partial charge is 0.416 e. The number of aromatic nitrogens is 2. The number of hydrogen-bond acceptors (Lipinski definition) is 2. The lowest BCUT2D eigenvalue weighted by atomic mass is 9.85. The molecule has 0 unspecified atom stereocenters. The first kappa shape index (κ1) is 46.0. The summed E-state index contributed by atoms with van der Waals surface area (Å²) in [6, 6.07) is 46.3. The zero-order valence-corrected chi connectivity index (χ0v) is 41.0. The fourth-order valence-electron chi connectivity index (χ4n) is 9.62. The topological polar surface area (TPSA) is 57.4 Å². The van der Waals surface area contributed by atoms with Crippen molar-refractivity contribution in [3.05, 3.63) is 166 Å². The summed E-state index contributed by atoms with van der Waals surface area (Å²) in [4.78, 5) is 0. The van der Waals surface area contributed by atoms with Crippen LogP contribution in [0.3, 0.4) is 0 Å². The van der Waals surface area contributed by atoms with E-state index in [4.69, 9.17) is 0 Å². The predicted octanol–water partition coefficient (Wildman–Crippen LogP) is 17.2. The van der Waals surface area contributed by atoms with E-state index in [1.54, 1.807) is 0 Å². The van der Waals surface area contributed by atoms with E-state index in [0.717, 1.165) is 78.2 Å². The van der Waals surface area contributed by atoms with Crippen LogP contribution in [-0.4, -0.2) is 9.13 Å². The molecule has 0 saturated heterocycles. The maximum Gasteiger partial charge on any atom is 0.416 e.